The fraction of sp³-hybridized carbons (Fsp3) is 0.250. The smallest absolute Gasteiger partial charge is 0.225 e. The number of nitrogens with one attached hydrogen (secondary N) is 2. The van der Waals surface area contributed by atoms with Gasteiger partial charge in [-0.1, -0.05) is 18.2 Å². The van der Waals surface area contributed by atoms with Gasteiger partial charge in [-0.3, -0.25) is 4.98 Å². The summed E-state index contributed by atoms with van der Waals surface area (Å²) in [7, 11) is 1.65. The molecule has 0 aliphatic rings. The largest absolute Gasteiger partial charge is 0.497 e. The van der Waals surface area contributed by atoms with Crippen LogP contribution in [0.4, 0.5) is 11.8 Å². The van der Waals surface area contributed by atoms with E-state index in [1.807, 2.05) is 55.5 Å². The van der Waals surface area contributed by atoms with Gasteiger partial charge in [0.1, 0.15) is 11.6 Å². The summed E-state index contributed by atoms with van der Waals surface area (Å²) in [5.41, 5.74) is 2.53. The minimum Gasteiger partial charge on any atom is -0.497 e. The predicted octanol–water partition coefficient (Wildman–Crippen LogP) is 2.95. The van der Waals surface area contributed by atoms with Crippen molar-refractivity contribution in [2.75, 3.05) is 24.4 Å². The van der Waals surface area contributed by atoms with Crippen LogP contribution >= 0.6 is 0 Å². The molecule has 2 heterocycles. The van der Waals surface area contributed by atoms with Crippen LogP contribution in [0.15, 0.2) is 54.7 Å². The van der Waals surface area contributed by atoms with Crippen molar-refractivity contribution >= 4 is 11.8 Å². The van der Waals surface area contributed by atoms with E-state index in [4.69, 9.17) is 4.74 Å². The molecule has 7 heteroatoms. The maximum absolute atomic E-state index is 9.30. The standard InChI is InChI=1S/C20H23N5O2/c1-14(13-26)23-20-24-18(17-8-3-4-9-21-17)11-19(25-20)22-12-15-6-5-7-16(10-15)27-2/h3-11,14,26H,12-13H2,1-2H3,(H2,22,23,24,25)/t14-/m1/s1. The first-order chi connectivity index (χ1) is 13.2. The lowest BCUT2D eigenvalue weighted by molar-refractivity contribution is 0.281. The van der Waals surface area contributed by atoms with Crippen molar-refractivity contribution in [1.29, 1.82) is 0 Å². The number of anilines is 2. The van der Waals surface area contributed by atoms with Crippen LogP contribution in [0.1, 0.15) is 12.5 Å². The Morgan fingerprint density at radius 1 is 1.07 bits per heavy atom. The maximum atomic E-state index is 9.30. The molecular weight excluding hydrogens is 342 g/mol. The molecule has 1 aromatic carbocycles. The molecule has 0 spiro atoms. The molecular formula is C20H23N5O2. The Labute approximate surface area is 158 Å². The van der Waals surface area contributed by atoms with E-state index < -0.39 is 0 Å². The van der Waals surface area contributed by atoms with Crippen LogP contribution in [0, 0.1) is 0 Å². The number of ether oxygens (including phenoxy) is 1. The molecule has 0 saturated heterocycles. The second kappa shape index (κ2) is 8.95. The van der Waals surface area contributed by atoms with E-state index >= 15 is 0 Å². The summed E-state index contributed by atoms with van der Waals surface area (Å²) >= 11 is 0. The van der Waals surface area contributed by atoms with E-state index in [-0.39, 0.29) is 12.6 Å². The van der Waals surface area contributed by atoms with Crippen molar-refractivity contribution in [3.8, 4) is 17.1 Å². The molecule has 2 aromatic heterocycles. The average molecular weight is 365 g/mol. The Morgan fingerprint density at radius 2 is 1.96 bits per heavy atom. The zero-order valence-corrected chi connectivity index (χ0v) is 15.4. The van der Waals surface area contributed by atoms with E-state index in [1.165, 1.54) is 0 Å². The van der Waals surface area contributed by atoms with Crippen LogP contribution in [-0.4, -0.2) is 39.8 Å². The lowest BCUT2D eigenvalue weighted by Gasteiger charge is -2.14. The quantitative estimate of drug-likeness (QED) is 0.565. The summed E-state index contributed by atoms with van der Waals surface area (Å²) in [4.78, 5) is 13.4. The van der Waals surface area contributed by atoms with Crippen LogP contribution in [0.3, 0.4) is 0 Å². The number of benzene rings is 1. The van der Waals surface area contributed by atoms with Gasteiger partial charge in [-0.15, -0.1) is 0 Å². The van der Waals surface area contributed by atoms with Crippen molar-refractivity contribution in [3.05, 3.63) is 60.3 Å². The Hall–Kier alpha value is -3.19. The van der Waals surface area contributed by atoms with Gasteiger partial charge in [0.05, 0.1) is 25.1 Å². The third kappa shape index (κ3) is 5.15. The first-order valence-corrected chi connectivity index (χ1v) is 8.72. The van der Waals surface area contributed by atoms with E-state index in [1.54, 1.807) is 13.3 Å². The molecule has 0 amide bonds. The van der Waals surface area contributed by atoms with Gasteiger partial charge in [0, 0.05) is 24.8 Å². The van der Waals surface area contributed by atoms with Crippen LogP contribution in [0.2, 0.25) is 0 Å². The number of hydrogen-bond donors (Lipinski definition) is 3. The fourth-order valence-corrected chi connectivity index (χ4v) is 2.49. The molecule has 27 heavy (non-hydrogen) atoms. The summed E-state index contributed by atoms with van der Waals surface area (Å²) in [6.45, 7) is 2.44. The van der Waals surface area contributed by atoms with Gasteiger partial charge >= 0.3 is 0 Å². The van der Waals surface area contributed by atoms with Gasteiger partial charge in [-0.05, 0) is 36.8 Å². The van der Waals surface area contributed by atoms with Gasteiger partial charge in [0.2, 0.25) is 5.95 Å². The lowest BCUT2D eigenvalue weighted by Crippen LogP contribution is -2.21. The van der Waals surface area contributed by atoms with E-state index in [9.17, 15) is 5.11 Å². The fourth-order valence-electron chi connectivity index (χ4n) is 2.49. The van der Waals surface area contributed by atoms with Crippen molar-refractivity contribution in [1.82, 2.24) is 15.0 Å². The molecule has 0 fully saturated rings. The molecule has 7 nitrogen and oxygen atoms in total. The molecule has 3 aromatic rings. The third-order valence-electron chi connectivity index (χ3n) is 3.91. The first kappa shape index (κ1) is 18.6. The average Bonchev–Trinajstić information content (AvgIpc) is 2.72. The van der Waals surface area contributed by atoms with Gasteiger partial charge in [0.25, 0.3) is 0 Å². The van der Waals surface area contributed by atoms with Crippen molar-refractivity contribution < 1.29 is 9.84 Å². The first-order valence-electron chi connectivity index (χ1n) is 8.72. The van der Waals surface area contributed by atoms with Crippen LogP contribution in [0.5, 0.6) is 5.75 Å². The lowest BCUT2D eigenvalue weighted by atomic mass is 10.2. The van der Waals surface area contributed by atoms with Gasteiger partial charge < -0.3 is 20.5 Å². The molecule has 140 valence electrons. The van der Waals surface area contributed by atoms with Crippen molar-refractivity contribution in [2.45, 2.75) is 19.5 Å². The number of aromatic nitrogens is 3. The van der Waals surface area contributed by atoms with Gasteiger partial charge in [0.15, 0.2) is 0 Å². The van der Waals surface area contributed by atoms with Crippen LogP contribution in [-0.2, 0) is 6.54 Å². The second-order valence-electron chi connectivity index (χ2n) is 6.11. The van der Waals surface area contributed by atoms with Crippen LogP contribution in [0.25, 0.3) is 11.4 Å². The summed E-state index contributed by atoms with van der Waals surface area (Å²) in [5, 5.41) is 15.7. The molecule has 0 bridgehead atoms. The van der Waals surface area contributed by atoms with Gasteiger partial charge in [-0.25, -0.2) is 4.98 Å². The van der Waals surface area contributed by atoms with E-state index in [0.29, 0.717) is 24.0 Å². The summed E-state index contributed by atoms with van der Waals surface area (Å²) < 4.78 is 5.26. The topological polar surface area (TPSA) is 92.2 Å². The van der Waals surface area contributed by atoms with Crippen LogP contribution < -0.4 is 15.4 Å². The monoisotopic (exact) mass is 365 g/mol. The molecule has 3 N–H and O–H groups in total. The highest BCUT2D eigenvalue weighted by Crippen LogP contribution is 2.21. The molecule has 3 rings (SSSR count). The number of methoxy groups -OCH3 is 1. The Balaban J connectivity index is 1.85. The van der Waals surface area contributed by atoms with E-state index in [0.717, 1.165) is 17.0 Å². The number of hydrogen-bond acceptors (Lipinski definition) is 7. The predicted molar refractivity (Wildman–Crippen MR) is 106 cm³/mol. The highest BCUT2D eigenvalue weighted by Gasteiger charge is 2.10. The minimum absolute atomic E-state index is 0.0102. The number of aliphatic hydroxyl groups excluding tert-OH is 1. The zero-order valence-electron chi connectivity index (χ0n) is 15.4. The summed E-state index contributed by atoms with van der Waals surface area (Å²) in [6, 6.07) is 15.2. The Morgan fingerprint density at radius 3 is 2.70 bits per heavy atom. The molecule has 1 atom stereocenters. The molecule has 0 aliphatic heterocycles. The zero-order chi connectivity index (χ0) is 19.1. The highest BCUT2D eigenvalue weighted by atomic mass is 16.5. The summed E-state index contributed by atoms with van der Waals surface area (Å²) in [6.07, 6.45) is 1.73. The SMILES string of the molecule is COc1cccc(CNc2cc(-c3ccccn3)nc(N[C@H](C)CO)n2)c1. The highest BCUT2D eigenvalue weighted by molar-refractivity contribution is 5.61. The Bertz CT molecular complexity index is 873. The normalized spacial score (nSPS) is 11.7. The summed E-state index contributed by atoms with van der Waals surface area (Å²) in [5.74, 6) is 1.92. The molecule has 0 unspecified atom stereocenters. The second-order valence-corrected chi connectivity index (χ2v) is 6.11. The number of aliphatic hydroxyl groups is 1. The molecule has 0 aliphatic carbocycles. The van der Waals surface area contributed by atoms with Gasteiger partial charge in [-0.2, -0.15) is 4.98 Å². The minimum atomic E-state index is -0.157. The molecule has 0 radical (unpaired) electrons. The van der Waals surface area contributed by atoms with E-state index in [2.05, 4.69) is 25.6 Å². The number of rotatable bonds is 8. The maximum Gasteiger partial charge on any atom is 0.225 e. The number of pyridine rings is 1. The van der Waals surface area contributed by atoms with Crippen molar-refractivity contribution in [2.24, 2.45) is 0 Å². The Kier molecular flexibility index (Phi) is 6.17. The van der Waals surface area contributed by atoms with Crippen molar-refractivity contribution in [3.63, 3.8) is 0 Å². The molecule has 0 saturated carbocycles. The third-order valence-corrected chi connectivity index (χ3v) is 3.91. The number of nitrogens with zero attached hydrogens (tertiary/aromatic N) is 3.